The molecular weight excluding hydrogens is 338 g/mol. The number of carbonyl (C=O) groups is 2. The Bertz CT molecular complexity index is 687. The number of hydrogen-bond donors (Lipinski definition) is 2. The van der Waals surface area contributed by atoms with Gasteiger partial charge >= 0.3 is 0 Å². The van der Waals surface area contributed by atoms with E-state index in [0.717, 1.165) is 18.5 Å². The summed E-state index contributed by atoms with van der Waals surface area (Å²) in [5, 5.41) is 6.60. The molecule has 1 saturated heterocycles. The molecular formula is C19H26ClN3O2. The van der Waals surface area contributed by atoms with Crippen molar-refractivity contribution >= 4 is 29.1 Å². The lowest BCUT2D eigenvalue weighted by Gasteiger charge is -2.19. The highest BCUT2D eigenvalue weighted by atomic mass is 35.5. The molecule has 0 unspecified atom stereocenters. The van der Waals surface area contributed by atoms with E-state index < -0.39 is 0 Å². The number of nitrogens with zero attached hydrogens (tertiary/aromatic N) is 1. The number of halogens is 1. The van der Waals surface area contributed by atoms with Crippen LogP contribution >= 0.6 is 11.6 Å². The van der Waals surface area contributed by atoms with Crippen molar-refractivity contribution in [2.24, 2.45) is 11.3 Å². The number of amides is 2. The predicted octanol–water partition coefficient (Wildman–Crippen LogP) is 3.15. The van der Waals surface area contributed by atoms with E-state index in [0.29, 0.717) is 30.1 Å². The Balaban J connectivity index is 1.64. The van der Waals surface area contributed by atoms with Gasteiger partial charge in [-0.05, 0) is 42.4 Å². The Kier molecular flexibility index (Phi) is 4.96. The number of hydrogen-bond acceptors (Lipinski definition) is 3. The number of carbonyl (C=O) groups excluding carboxylic acids is 2. The summed E-state index contributed by atoms with van der Waals surface area (Å²) in [5.41, 5.74) is 1.54. The molecule has 6 heteroatoms. The van der Waals surface area contributed by atoms with Gasteiger partial charge in [0.2, 0.25) is 5.91 Å². The monoisotopic (exact) mass is 363 g/mol. The summed E-state index contributed by atoms with van der Waals surface area (Å²) in [6.45, 7) is 5.38. The van der Waals surface area contributed by atoms with Crippen molar-refractivity contribution in [2.75, 3.05) is 25.5 Å². The molecule has 1 heterocycles. The molecule has 2 atom stereocenters. The highest BCUT2D eigenvalue weighted by molar-refractivity contribution is 6.34. The third-order valence-electron chi connectivity index (χ3n) is 5.42. The van der Waals surface area contributed by atoms with E-state index in [1.807, 2.05) is 6.07 Å². The maximum atomic E-state index is 12.9. The molecule has 1 aliphatic carbocycles. The van der Waals surface area contributed by atoms with Crippen LogP contribution in [-0.4, -0.2) is 42.9 Å². The van der Waals surface area contributed by atoms with Crippen LogP contribution in [0.1, 0.15) is 43.5 Å². The van der Waals surface area contributed by atoms with E-state index in [-0.39, 0.29) is 29.2 Å². The Morgan fingerprint density at radius 3 is 2.68 bits per heavy atom. The summed E-state index contributed by atoms with van der Waals surface area (Å²) in [4.78, 5) is 26.9. The van der Waals surface area contributed by atoms with Gasteiger partial charge in [0.1, 0.15) is 0 Å². The molecule has 0 spiro atoms. The summed E-state index contributed by atoms with van der Waals surface area (Å²) in [6, 6.07) is 5.35. The van der Waals surface area contributed by atoms with Crippen LogP contribution in [0.2, 0.25) is 5.02 Å². The first-order chi connectivity index (χ1) is 11.8. The maximum Gasteiger partial charge on any atom is 0.255 e. The summed E-state index contributed by atoms with van der Waals surface area (Å²) in [5.74, 6) is 0.243. The molecule has 0 aromatic heterocycles. The second kappa shape index (κ2) is 6.87. The van der Waals surface area contributed by atoms with Crippen LogP contribution in [-0.2, 0) is 4.79 Å². The van der Waals surface area contributed by atoms with E-state index in [4.69, 9.17) is 11.6 Å². The van der Waals surface area contributed by atoms with E-state index in [1.54, 1.807) is 24.1 Å². The van der Waals surface area contributed by atoms with Crippen molar-refractivity contribution in [3.8, 4) is 0 Å². The number of nitrogens with one attached hydrogen (secondary N) is 2. The van der Waals surface area contributed by atoms with Gasteiger partial charge in [-0.3, -0.25) is 9.59 Å². The van der Waals surface area contributed by atoms with Gasteiger partial charge in [0.25, 0.3) is 5.91 Å². The van der Waals surface area contributed by atoms with Gasteiger partial charge in [-0.15, -0.1) is 0 Å². The second-order valence-electron chi connectivity index (χ2n) is 7.79. The number of anilines is 1. The van der Waals surface area contributed by atoms with Crippen molar-refractivity contribution in [3.63, 3.8) is 0 Å². The van der Waals surface area contributed by atoms with E-state index in [9.17, 15) is 9.59 Å². The molecule has 2 N–H and O–H groups in total. The summed E-state index contributed by atoms with van der Waals surface area (Å²) >= 11 is 6.22. The molecule has 3 rings (SSSR count). The van der Waals surface area contributed by atoms with Gasteiger partial charge in [-0.2, -0.15) is 0 Å². The Morgan fingerprint density at radius 2 is 2.04 bits per heavy atom. The van der Waals surface area contributed by atoms with Crippen LogP contribution in [0.3, 0.4) is 0 Å². The average Bonchev–Trinajstić information content (AvgIpc) is 3.18. The van der Waals surface area contributed by atoms with Crippen LogP contribution in [0.25, 0.3) is 0 Å². The molecule has 1 aromatic carbocycles. The van der Waals surface area contributed by atoms with E-state index in [2.05, 4.69) is 24.5 Å². The fourth-order valence-electron chi connectivity index (χ4n) is 3.37. The molecule has 0 bridgehead atoms. The number of benzene rings is 1. The van der Waals surface area contributed by atoms with Crippen molar-refractivity contribution in [1.29, 1.82) is 0 Å². The standard InChI is InChI=1S/C19H26ClN3O2/c1-12-10-23(11-16(12)22-17(24)9-19(2)6-7-19)18(25)14-8-13(21-3)4-5-15(14)20/h4-5,8,12,16,21H,6-7,9-11H2,1-3H3,(H,22,24)/t12-,16-/m1/s1. The first-order valence-electron chi connectivity index (χ1n) is 8.87. The fourth-order valence-corrected chi connectivity index (χ4v) is 3.57. The van der Waals surface area contributed by atoms with Crippen LogP contribution < -0.4 is 10.6 Å². The zero-order chi connectivity index (χ0) is 18.2. The molecule has 2 amide bonds. The third-order valence-corrected chi connectivity index (χ3v) is 5.75. The van der Waals surface area contributed by atoms with Gasteiger partial charge in [0, 0.05) is 32.2 Å². The normalized spacial score (nSPS) is 24.1. The zero-order valence-electron chi connectivity index (χ0n) is 15.1. The first-order valence-corrected chi connectivity index (χ1v) is 9.25. The maximum absolute atomic E-state index is 12.9. The molecule has 1 aliphatic heterocycles. The molecule has 25 heavy (non-hydrogen) atoms. The average molecular weight is 364 g/mol. The highest BCUT2D eigenvalue weighted by Gasteiger charge is 2.40. The quantitative estimate of drug-likeness (QED) is 0.844. The first kappa shape index (κ1) is 18.1. The van der Waals surface area contributed by atoms with Gasteiger partial charge in [0.15, 0.2) is 0 Å². The zero-order valence-corrected chi connectivity index (χ0v) is 15.8. The Morgan fingerprint density at radius 1 is 1.32 bits per heavy atom. The van der Waals surface area contributed by atoms with Crippen molar-refractivity contribution < 1.29 is 9.59 Å². The molecule has 1 aromatic rings. The highest BCUT2D eigenvalue weighted by Crippen LogP contribution is 2.48. The Hall–Kier alpha value is -1.75. The van der Waals surface area contributed by atoms with Crippen molar-refractivity contribution in [3.05, 3.63) is 28.8 Å². The second-order valence-corrected chi connectivity index (χ2v) is 8.20. The molecule has 136 valence electrons. The van der Waals surface area contributed by atoms with E-state index in [1.165, 1.54) is 0 Å². The molecule has 5 nitrogen and oxygen atoms in total. The van der Waals surface area contributed by atoms with Gasteiger partial charge in [0.05, 0.1) is 16.6 Å². The lowest BCUT2D eigenvalue weighted by molar-refractivity contribution is -0.123. The van der Waals surface area contributed by atoms with Gasteiger partial charge in [-0.25, -0.2) is 0 Å². The summed E-state index contributed by atoms with van der Waals surface area (Å²) in [7, 11) is 1.81. The lowest BCUT2D eigenvalue weighted by Crippen LogP contribution is -2.41. The minimum absolute atomic E-state index is 0.00468. The number of likely N-dealkylation sites (tertiary alicyclic amines) is 1. The summed E-state index contributed by atoms with van der Waals surface area (Å²) in [6.07, 6.45) is 2.84. The van der Waals surface area contributed by atoms with Gasteiger partial charge < -0.3 is 15.5 Å². The van der Waals surface area contributed by atoms with Crippen LogP contribution in [0.4, 0.5) is 5.69 Å². The van der Waals surface area contributed by atoms with Crippen LogP contribution in [0, 0.1) is 11.3 Å². The van der Waals surface area contributed by atoms with Crippen molar-refractivity contribution in [1.82, 2.24) is 10.2 Å². The largest absolute Gasteiger partial charge is 0.388 e. The summed E-state index contributed by atoms with van der Waals surface area (Å²) < 4.78 is 0. The number of rotatable bonds is 5. The van der Waals surface area contributed by atoms with E-state index >= 15 is 0 Å². The molecule has 1 saturated carbocycles. The van der Waals surface area contributed by atoms with Crippen molar-refractivity contribution in [2.45, 2.75) is 39.2 Å². The molecule has 0 radical (unpaired) electrons. The van der Waals surface area contributed by atoms with Crippen LogP contribution in [0.15, 0.2) is 18.2 Å². The molecule has 2 fully saturated rings. The molecule has 2 aliphatic rings. The SMILES string of the molecule is CNc1ccc(Cl)c(C(=O)N2C[C@@H](C)[C@H](NC(=O)CC3(C)CC3)C2)c1. The third kappa shape index (κ3) is 4.09. The van der Waals surface area contributed by atoms with Gasteiger partial charge in [-0.1, -0.05) is 25.4 Å². The minimum atomic E-state index is -0.0835. The fraction of sp³-hybridized carbons (Fsp3) is 0.579. The minimum Gasteiger partial charge on any atom is -0.388 e. The Labute approximate surface area is 154 Å². The lowest BCUT2D eigenvalue weighted by atomic mass is 10.0. The predicted molar refractivity (Wildman–Crippen MR) is 100.0 cm³/mol. The van der Waals surface area contributed by atoms with Crippen LogP contribution in [0.5, 0.6) is 0 Å². The smallest absolute Gasteiger partial charge is 0.255 e. The topological polar surface area (TPSA) is 61.4 Å².